The van der Waals surface area contributed by atoms with Crippen LogP contribution < -0.4 is 10.7 Å². The molecule has 1 aliphatic carbocycles. The van der Waals surface area contributed by atoms with Crippen LogP contribution in [0.15, 0.2) is 104 Å². The zero-order valence-electron chi connectivity index (χ0n) is 20.6. The van der Waals surface area contributed by atoms with E-state index in [0.29, 0.717) is 17.7 Å². The van der Waals surface area contributed by atoms with Crippen LogP contribution in [0.5, 0.6) is 0 Å². The lowest BCUT2D eigenvalue weighted by atomic mass is 9.79. The van der Waals surface area contributed by atoms with Crippen LogP contribution in [0.2, 0.25) is 0 Å². The van der Waals surface area contributed by atoms with Crippen molar-refractivity contribution in [2.75, 3.05) is 0 Å². The van der Waals surface area contributed by atoms with Crippen molar-refractivity contribution in [1.29, 1.82) is 0 Å². The minimum Gasteiger partial charge on any atom is -0.411 e. The Hall–Kier alpha value is -3.46. The third-order valence-electron chi connectivity index (χ3n) is 6.70. The average molecular weight is 538 g/mol. The number of rotatable bonds is 7. The standard InChI is InChI=1S/C28H28ClN3O4S/c1-18-15-23(29)10-13-25(18)26(16-27(31-34)22-9-14-28(33)32(2)17-22)21-5-3-19(4-6-21)20-7-11-24(12-8-20)37(30,35)36/h3-9,11-12,14-15,17,26,34H,10,13,16H2,1-2H3,(H2,30,35,36)/b31-27+/t26-/m1/s1. The summed E-state index contributed by atoms with van der Waals surface area (Å²) >= 11 is 6.30. The lowest BCUT2D eigenvalue weighted by Gasteiger charge is -2.26. The zero-order valence-corrected chi connectivity index (χ0v) is 22.1. The molecular formula is C28H28ClN3O4S. The van der Waals surface area contributed by atoms with Gasteiger partial charge in [0.05, 0.1) is 10.6 Å². The Bertz CT molecular complexity index is 1570. The summed E-state index contributed by atoms with van der Waals surface area (Å²) < 4.78 is 24.6. The van der Waals surface area contributed by atoms with Gasteiger partial charge in [0.2, 0.25) is 15.6 Å². The highest BCUT2D eigenvalue weighted by atomic mass is 35.5. The molecule has 9 heteroatoms. The van der Waals surface area contributed by atoms with Gasteiger partial charge in [-0.25, -0.2) is 13.6 Å². The predicted molar refractivity (Wildman–Crippen MR) is 146 cm³/mol. The Kier molecular flexibility index (Phi) is 7.82. The van der Waals surface area contributed by atoms with Crippen LogP contribution in [0.4, 0.5) is 0 Å². The minimum atomic E-state index is -3.75. The fourth-order valence-corrected chi connectivity index (χ4v) is 5.44. The Morgan fingerprint density at radius 1 is 1.05 bits per heavy atom. The molecule has 0 amide bonds. The molecule has 0 bridgehead atoms. The number of hydrogen-bond acceptors (Lipinski definition) is 5. The van der Waals surface area contributed by atoms with E-state index >= 15 is 0 Å². The van der Waals surface area contributed by atoms with Gasteiger partial charge in [-0.2, -0.15) is 0 Å². The number of aromatic nitrogens is 1. The molecular weight excluding hydrogens is 510 g/mol. The highest BCUT2D eigenvalue weighted by Gasteiger charge is 2.24. The first-order valence-electron chi connectivity index (χ1n) is 11.7. The van der Waals surface area contributed by atoms with E-state index in [-0.39, 0.29) is 16.4 Å². The molecule has 0 aliphatic heterocycles. The summed E-state index contributed by atoms with van der Waals surface area (Å²) in [5.74, 6) is -0.0806. The first-order valence-corrected chi connectivity index (χ1v) is 13.7. The lowest BCUT2D eigenvalue weighted by Crippen LogP contribution is -2.19. The van der Waals surface area contributed by atoms with Crippen molar-refractivity contribution in [3.8, 4) is 11.1 Å². The summed E-state index contributed by atoms with van der Waals surface area (Å²) in [7, 11) is -2.09. The van der Waals surface area contributed by atoms with E-state index in [9.17, 15) is 18.4 Å². The molecule has 1 atom stereocenters. The summed E-state index contributed by atoms with van der Waals surface area (Å²) in [6, 6.07) is 17.6. The molecule has 3 aromatic rings. The van der Waals surface area contributed by atoms with E-state index in [1.165, 1.54) is 28.3 Å². The van der Waals surface area contributed by atoms with Gasteiger partial charge in [-0.15, -0.1) is 0 Å². The molecule has 4 rings (SSSR count). The van der Waals surface area contributed by atoms with Crippen LogP contribution in [-0.2, 0) is 17.1 Å². The Labute approximate surface area is 221 Å². The number of aryl methyl sites for hydroxylation is 1. The first kappa shape index (κ1) is 26.6. The minimum absolute atomic E-state index is 0.0635. The summed E-state index contributed by atoms with van der Waals surface area (Å²) in [5, 5.41) is 19.5. The number of benzene rings is 2. The normalized spacial score (nSPS) is 15.5. The number of pyridine rings is 1. The van der Waals surface area contributed by atoms with Crippen molar-refractivity contribution in [2.45, 2.75) is 37.0 Å². The first-order chi connectivity index (χ1) is 17.6. The number of sulfonamides is 1. The van der Waals surface area contributed by atoms with E-state index in [0.717, 1.165) is 40.1 Å². The molecule has 1 aliphatic rings. The quantitative estimate of drug-likeness (QED) is 0.242. The number of hydrogen-bond donors (Lipinski definition) is 2. The number of oxime groups is 1. The summed E-state index contributed by atoms with van der Waals surface area (Å²) in [5.41, 5.74) is 6.12. The van der Waals surface area contributed by atoms with E-state index in [2.05, 4.69) is 5.16 Å². The molecule has 0 saturated carbocycles. The van der Waals surface area contributed by atoms with Gasteiger partial charge in [-0.3, -0.25) is 4.79 Å². The molecule has 37 heavy (non-hydrogen) atoms. The van der Waals surface area contributed by atoms with E-state index in [1.54, 1.807) is 31.4 Å². The van der Waals surface area contributed by atoms with E-state index in [4.69, 9.17) is 16.7 Å². The lowest BCUT2D eigenvalue weighted by molar-refractivity contribution is 0.317. The van der Waals surface area contributed by atoms with Crippen LogP contribution in [-0.4, -0.2) is 23.9 Å². The van der Waals surface area contributed by atoms with Gasteiger partial charge in [-0.1, -0.05) is 64.3 Å². The molecule has 0 radical (unpaired) electrons. The Morgan fingerprint density at radius 2 is 1.68 bits per heavy atom. The van der Waals surface area contributed by atoms with Crippen LogP contribution in [0.1, 0.15) is 43.2 Å². The molecule has 0 spiro atoms. The largest absolute Gasteiger partial charge is 0.411 e. The second kappa shape index (κ2) is 10.9. The molecule has 192 valence electrons. The average Bonchev–Trinajstić information content (AvgIpc) is 2.87. The maximum atomic E-state index is 11.9. The molecule has 0 fully saturated rings. The maximum Gasteiger partial charge on any atom is 0.250 e. The summed E-state index contributed by atoms with van der Waals surface area (Å²) in [4.78, 5) is 11.9. The van der Waals surface area contributed by atoms with Crippen LogP contribution in [0.3, 0.4) is 0 Å². The monoisotopic (exact) mass is 537 g/mol. The Morgan fingerprint density at radius 3 is 2.22 bits per heavy atom. The number of nitrogens with zero attached hydrogens (tertiary/aromatic N) is 2. The van der Waals surface area contributed by atoms with Gasteiger partial charge in [0.15, 0.2) is 0 Å². The van der Waals surface area contributed by atoms with Crippen molar-refractivity contribution in [1.82, 2.24) is 4.57 Å². The summed E-state index contributed by atoms with van der Waals surface area (Å²) in [6.07, 6.45) is 5.60. The topological polar surface area (TPSA) is 115 Å². The Balaban J connectivity index is 1.71. The SMILES string of the molecule is CC1=C([C@H](C/C(=N\O)c2ccc(=O)n(C)c2)c2ccc(-c3ccc(S(N)(=O)=O)cc3)cc2)CCC(Cl)=C1. The molecule has 3 N–H and O–H groups in total. The van der Waals surface area contributed by atoms with Gasteiger partial charge >= 0.3 is 0 Å². The second-order valence-electron chi connectivity index (χ2n) is 9.16. The second-order valence-corrected chi connectivity index (χ2v) is 11.2. The van der Waals surface area contributed by atoms with E-state index in [1.807, 2.05) is 37.3 Å². The van der Waals surface area contributed by atoms with E-state index < -0.39 is 10.0 Å². The fourth-order valence-electron chi connectivity index (χ4n) is 4.66. The molecule has 0 saturated heterocycles. The third kappa shape index (κ3) is 6.10. The smallest absolute Gasteiger partial charge is 0.250 e. The van der Waals surface area contributed by atoms with Crippen LogP contribution in [0, 0.1) is 0 Å². The van der Waals surface area contributed by atoms with Crippen LogP contribution in [0.25, 0.3) is 11.1 Å². The van der Waals surface area contributed by atoms with Gasteiger partial charge in [0, 0.05) is 42.2 Å². The molecule has 2 aromatic carbocycles. The summed E-state index contributed by atoms with van der Waals surface area (Å²) in [6.45, 7) is 2.03. The highest BCUT2D eigenvalue weighted by Crippen LogP contribution is 2.39. The number of primary sulfonamides is 1. The molecule has 1 aromatic heterocycles. The van der Waals surface area contributed by atoms with Crippen molar-refractivity contribution in [2.24, 2.45) is 17.3 Å². The van der Waals surface area contributed by atoms with Crippen molar-refractivity contribution < 1.29 is 13.6 Å². The van der Waals surface area contributed by atoms with Crippen molar-refractivity contribution >= 4 is 27.3 Å². The van der Waals surface area contributed by atoms with Gasteiger partial charge < -0.3 is 9.77 Å². The highest BCUT2D eigenvalue weighted by molar-refractivity contribution is 7.89. The van der Waals surface area contributed by atoms with Crippen LogP contribution >= 0.6 is 11.6 Å². The van der Waals surface area contributed by atoms with Crippen molar-refractivity contribution in [3.63, 3.8) is 0 Å². The maximum absolute atomic E-state index is 11.9. The van der Waals surface area contributed by atoms with Gasteiger partial charge in [0.1, 0.15) is 0 Å². The van der Waals surface area contributed by atoms with Crippen molar-refractivity contribution in [3.05, 3.63) is 111 Å². The molecule has 0 unspecified atom stereocenters. The molecule has 7 nitrogen and oxygen atoms in total. The predicted octanol–water partition coefficient (Wildman–Crippen LogP) is 5.28. The van der Waals surface area contributed by atoms with Gasteiger partial charge in [0.25, 0.3) is 0 Å². The molecule has 1 heterocycles. The van der Waals surface area contributed by atoms with Gasteiger partial charge in [-0.05, 0) is 60.7 Å². The number of nitrogens with two attached hydrogens (primary N) is 1. The number of allylic oxidation sites excluding steroid dienone is 4. The third-order valence-corrected chi connectivity index (χ3v) is 7.93. The number of halogens is 1. The fraction of sp³-hybridized carbons (Fsp3) is 0.214. The zero-order chi connectivity index (χ0) is 26.7.